The first kappa shape index (κ1) is 19.9. The monoisotopic (exact) mass is 435 g/mol. The lowest BCUT2D eigenvalue weighted by atomic mass is 9.79. The molecule has 4 atom stereocenters. The van der Waals surface area contributed by atoms with Crippen molar-refractivity contribution < 1.29 is 14.4 Å². The molecule has 0 N–H and O–H groups in total. The first-order chi connectivity index (χ1) is 14.7. The van der Waals surface area contributed by atoms with Gasteiger partial charge in [0.05, 0.1) is 34.8 Å². The van der Waals surface area contributed by atoms with Crippen LogP contribution in [0.5, 0.6) is 0 Å². The van der Waals surface area contributed by atoms with Crippen LogP contribution in [0.25, 0.3) is 0 Å². The van der Waals surface area contributed by atoms with E-state index < -0.39 is 35.2 Å². The zero-order chi connectivity index (χ0) is 22.1. The molecule has 2 aromatic carbocycles. The number of hydrogen-bond acceptors (Lipinski definition) is 5. The third kappa shape index (κ3) is 2.78. The third-order valence-corrected chi connectivity index (χ3v) is 6.71. The van der Waals surface area contributed by atoms with Gasteiger partial charge in [0.2, 0.25) is 11.8 Å². The van der Waals surface area contributed by atoms with Crippen LogP contribution in [-0.2, 0) is 14.4 Å². The number of imide groups is 1. The number of hydrazone groups is 1. The number of nitrogens with zero attached hydrogens (tertiary/aromatic N) is 3. The smallest absolute Gasteiger partial charge is 0.240 e. The Kier molecular flexibility index (Phi) is 4.35. The number of Topliss-reactive ketones (excluding diaryl/α,β-unsaturated/α-hetero) is 1. The van der Waals surface area contributed by atoms with Crippen molar-refractivity contribution in [2.45, 2.75) is 32.9 Å². The molecule has 0 aliphatic carbocycles. The minimum atomic E-state index is -0.816. The predicted octanol–water partition coefficient (Wildman–Crippen LogP) is 3.83. The van der Waals surface area contributed by atoms with Crippen molar-refractivity contribution in [3.8, 4) is 0 Å². The van der Waals surface area contributed by atoms with Gasteiger partial charge in [-0.2, -0.15) is 5.10 Å². The molecule has 3 heterocycles. The van der Waals surface area contributed by atoms with E-state index in [-0.39, 0.29) is 11.7 Å². The Hall–Kier alpha value is -2.99. The summed E-state index contributed by atoms with van der Waals surface area (Å²) in [6, 6.07) is 13.2. The number of carbonyl (C=O) groups excluding carboxylic acids is 3. The number of benzene rings is 2. The van der Waals surface area contributed by atoms with Crippen LogP contribution in [0, 0.1) is 17.3 Å². The van der Waals surface area contributed by atoms with Crippen molar-refractivity contribution in [2.24, 2.45) is 22.4 Å². The highest BCUT2D eigenvalue weighted by molar-refractivity contribution is 6.36. The van der Waals surface area contributed by atoms with Gasteiger partial charge in [0, 0.05) is 5.41 Å². The highest BCUT2D eigenvalue weighted by Crippen LogP contribution is 2.54. The summed E-state index contributed by atoms with van der Waals surface area (Å²) in [5, 5.41) is 6.56. The van der Waals surface area contributed by atoms with E-state index in [1.165, 1.54) is 4.90 Å². The summed E-state index contributed by atoms with van der Waals surface area (Å²) in [7, 11) is 0. The van der Waals surface area contributed by atoms with E-state index in [2.05, 4.69) is 5.10 Å². The van der Waals surface area contributed by atoms with Crippen LogP contribution in [0.2, 0.25) is 5.02 Å². The number of rotatable bonds is 2. The maximum Gasteiger partial charge on any atom is 0.240 e. The fourth-order valence-corrected chi connectivity index (χ4v) is 5.20. The minimum Gasteiger partial charge on any atom is -0.297 e. The molecular weight excluding hydrogens is 414 g/mol. The van der Waals surface area contributed by atoms with Crippen molar-refractivity contribution in [3.63, 3.8) is 0 Å². The highest BCUT2D eigenvalue weighted by atomic mass is 35.5. The van der Waals surface area contributed by atoms with Crippen LogP contribution >= 0.6 is 11.6 Å². The maximum atomic E-state index is 13.7. The second-order valence-corrected chi connectivity index (χ2v) is 9.68. The van der Waals surface area contributed by atoms with E-state index in [1.54, 1.807) is 35.5 Å². The average Bonchev–Trinajstić information content (AvgIpc) is 3.20. The van der Waals surface area contributed by atoms with Crippen molar-refractivity contribution in [2.75, 3.05) is 4.90 Å². The molecule has 158 valence electrons. The van der Waals surface area contributed by atoms with Crippen molar-refractivity contribution in [1.82, 2.24) is 5.01 Å². The Morgan fingerprint density at radius 1 is 0.968 bits per heavy atom. The normalized spacial score (nSPS) is 26.7. The number of fused-ring (bicyclic) bond motifs is 5. The molecule has 7 heteroatoms. The first-order valence-corrected chi connectivity index (χ1v) is 10.7. The fraction of sp³-hybridized carbons (Fsp3) is 0.333. The van der Waals surface area contributed by atoms with Gasteiger partial charge in [-0.05, 0) is 23.3 Å². The summed E-state index contributed by atoms with van der Waals surface area (Å²) in [5.41, 5.74) is 1.45. The molecule has 0 aromatic heterocycles. The van der Waals surface area contributed by atoms with Crippen molar-refractivity contribution in [1.29, 1.82) is 0 Å². The fourth-order valence-electron chi connectivity index (χ4n) is 4.98. The summed E-state index contributed by atoms with van der Waals surface area (Å²) in [4.78, 5) is 42.0. The molecule has 0 bridgehead atoms. The Labute approximate surface area is 185 Å². The number of amides is 2. The second-order valence-electron chi connectivity index (χ2n) is 9.27. The SMILES string of the molecule is CC(C)(C)C(=O)[C@@H]1[C@@H]2C(=O)N(c3ccccc3Cl)C(=O)[C@H]2[C@H]2c3ccccc3C=NN12. The highest BCUT2D eigenvalue weighted by Gasteiger charge is 2.66. The molecule has 6 nitrogen and oxygen atoms in total. The lowest BCUT2D eigenvalue weighted by Crippen LogP contribution is -2.48. The summed E-state index contributed by atoms with van der Waals surface area (Å²) >= 11 is 6.33. The largest absolute Gasteiger partial charge is 0.297 e. The Balaban J connectivity index is 1.69. The molecule has 3 aliphatic rings. The molecular formula is C24H22ClN3O3. The second kappa shape index (κ2) is 6.76. The molecule has 2 fully saturated rings. The number of hydrogen-bond donors (Lipinski definition) is 0. The molecule has 0 saturated carbocycles. The molecule has 5 rings (SSSR count). The molecule has 0 spiro atoms. The van der Waals surface area contributed by atoms with Gasteiger partial charge >= 0.3 is 0 Å². The lowest BCUT2D eigenvalue weighted by molar-refractivity contribution is -0.136. The third-order valence-electron chi connectivity index (χ3n) is 6.39. The van der Waals surface area contributed by atoms with E-state index in [4.69, 9.17) is 11.6 Å². The lowest BCUT2D eigenvalue weighted by Gasteiger charge is -2.35. The number of anilines is 1. The van der Waals surface area contributed by atoms with Crippen LogP contribution < -0.4 is 4.90 Å². The molecule has 2 aromatic rings. The number of ketones is 1. The van der Waals surface area contributed by atoms with Gasteiger partial charge in [0.15, 0.2) is 5.78 Å². The molecule has 2 saturated heterocycles. The number of para-hydroxylation sites is 1. The molecule has 31 heavy (non-hydrogen) atoms. The van der Waals surface area contributed by atoms with Gasteiger partial charge in [-0.3, -0.25) is 19.4 Å². The van der Waals surface area contributed by atoms with Gasteiger partial charge in [-0.15, -0.1) is 0 Å². The zero-order valence-electron chi connectivity index (χ0n) is 17.4. The Bertz CT molecular complexity index is 1150. The molecule has 3 aliphatic heterocycles. The van der Waals surface area contributed by atoms with Gasteiger partial charge in [0.1, 0.15) is 6.04 Å². The molecule has 0 unspecified atom stereocenters. The van der Waals surface area contributed by atoms with Crippen molar-refractivity contribution >= 4 is 41.1 Å². The summed E-state index contributed by atoms with van der Waals surface area (Å²) in [5.74, 6) is -2.37. The zero-order valence-corrected chi connectivity index (χ0v) is 18.2. The Morgan fingerprint density at radius 3 is 2.32 bits per heavy atom. The summed E-state index contributed by atoms with van der Waals surface area (Å²) in [6.07, 6.45) is 1.70. The van der Waals surface area contributed by atoms with Gasteiger partial charge < -0.3 is 0 Å². The van der Waals surface area contributed by atoms with E-state index in [9.17, 15) is 14.4 Å². The van der Waals surface area contributed by atoms with Crippen LogP contribution in [0.15, 0.2) is 53.6 Å². The summed E-state index contributed by atoms with van der Waals surface area (Å²) in [6.45, 7) is 5.48. The van der Waals surface area contributed by atoms with Crippen LogP contribution in [0.1, 0.15) is 37.9 Å². The van der Waals surface area contributed by atoms with Gasteiger partial charge in [-0.1, -0.05) is 68.8 Å². The van der Waals surface area contributed by atoms with Crippen LogP contribution in [-0.4, -0.2) is 34.9 Å². The van der Waals surface area contributed by atoms with Gasteiger partial charge in [0.25, 0.3) is 0 Å². The molecule has 2 amide bonds. The summed E-state index contributed by atoms with van der Waals surface area (Å²) < 4.78 is 0. The topological polar surface area (TPSA) is 70.0 Å². The standard InChI is InChI=1S/C24H22ClN3O3/c1-24(2,3)21(29)20-18-17(19-14-9-5-4-8-13(14)12-26-28(19)20)22(30)27(23(18)31)16-11-7-6-10-15(16)25/h4-12,17-20H,1-3H3/t17-,18-,19-,20+/m1/s1. The maximum absolute atomic E-state index is 13.7. The number of halogens is 1. The minimum absolute atomic E-state index is 0.108. The van der Waals surface area contributed by atoms with Crippen LogP contribution in [0.4, 0.5) is 5.69 Å². The quantitative estimate of drug-likeness (QED) is 0.672. The Morgan fingerprint density at radius 2 is 1.61 bits per heavy atom. The van der Waals surface area contributed by atoms with Gasteiger partial charge in [-0.25, -0.2) is 4.90 Å². The van der Waals surface area contributed by atoms with E-state index in [0.717, 1.165) is 11.1 Å². The average molecular weight is 436 g/mol. The van der Waals surface area contributed by atoms with E-state index in [1.807, 2.05) is 45.0 Å². The van der Waals surface area contributed by atoms with Crippen LogP contribution in [0.3, 0.4) is 0 Å². The van der Waals surface area contributed by atoms with E-state index in [0.29, 0.717) is 10.7 Å². The predicted molar refractivity (Wildman–Crippen MR) is 118 cm³/mol. The van der Waals surface area contributed by atoms with Crippen molar-refractivity contribution in [3.05, 3.63) is 64.7 Å². The first-order valence-electron chi connectivity index (χ1n) is 10.3. The molecule has 0 radical (unpaired) electrons. The number of carbonyl (C=O) groups is 3. The van der Waals surface area contributed by atoms with E-state index >= 15 is 0 Å².